The van der Waals surface area contributed by atoms with Gasteiger partial charge in [0.2, 0.25) is 0 Å². The molecule has 176 valence electrons. The fourth-order valence-corrected chi connectivity index (χ4v) is 4.15. The van der Waals surface area contributed by atoms with Crippen molar-refractivity contribution in [3.05, 3.63) is 80.2 Å². The highest BCUT2D eigenvalue weighted by molar-refractivity contribution is 7.19. The standard InChI is InChI=1S/C23H21N3O7S/c1-4-33-23(29)18-13(2)19(21(28)24-15-6-5-7-17(12-15)32-3)34-22(18)25-20(27)14-8-10-16(11-9-14)26(30)31/h5-12H,4H2,1-3H3,(H,24,28)(H,25,27). The molecule has 0 atom stereocenters. The molecular weight excluding hydrogens is 462 g/mol. The zero-order valence-corrected chi connectivity index (χ0v) is 19.4. The smallest absolute Gasteiger partial charge is 0.341 e. The lowest BCUT2D eigenvalue weighted by molar-refractivity contribution is -0.384. The first-order chi connectivity index (χ1) is 16.2. The Bertz CT molecular complexity index is 1250. The van der Waals surface area contributed by atoms with Crippen LogP contribution in [-0.2, 0) is 4.74 Å². The summed E-state index contributed by atoms with van der Waals surface area (Å²) in [5.74, 6) is -1.20. The van der Waals surface area contributed by atoms with E-state index in [0.717, 1.165) is 11.3 Å². The lowest BCUT2D eigenvalue weighted by atomic mass is 10.1. The van der Waals surface area contributed by atoms with Crippen LogP contribution in [0.5, 0.6) is 5.75 Å². The highest BCUT2D eigenvalue weighted by Gasteiger charge is 2.27. The van der Waals surface area contributed by atoms with Gasteiger partial charge in [-0.3, -0.25) is 19.7 Å². The number of benzene rings is 2. The molecule has 2 amide bonds. The summed E-state index contributed by atoms with van der Waals surface area (Å²) in [6, 6.07) is 11.8. The van der Waals surface area contributed by atoms with Crippen molar-refractivity contribution in [2.24, 2.45) is 0 Å². The molecule has 0 aliphatic carbocycles. The van der Waals surface area contributed by atoms with Crippen molar-refractivity contribution in [3.8, 4) is 5.75 Å². The molecule has 2 N–H and O–H groups in total. The number of nitro benzene ring substituents is 1. The molecule has 10 nitrogen and oxygen atoms in total. The van der Waals surface area contributed by atoms with Gasteiger partial charge in [-0.2, -0.15) is 0 Å². The van der Waals surface area contributed by atoms with Crippen LogP contribution in [0, 0.1) is 17.0 Å². The van der Waals surface area contributed by atoms with Gasteiger partial charge in [-0.1, -0.05) is 6.07 Å². The second kappa shape index (κ2) is 10.6. The summed E-state index contributed by atoms with van der Waals surface area (Å²) in [5, 5.41) is 16.3. The molecular formula is C23H21N3O7S. The summed E-state index contributed by atoms with van der Waals surface area (Å²) in [6.07, 6.45) is 0. The van der Waals surface area contributed by atoms with Crippen LogP contribution in [0.25, 0.3) is 0 Å². The molecule has 3 rings (SSSR count). The number of methoxy groups -OCH3 is 1. The van der Waals surface area contributed by atoms with Crippen LogP contribution in [0.3, 0.4) is 0 Å². The quantitative estimate of drug-likeness (QED) is 0.270. The van der Waals surface area contributed by atoms with Gasteiger partial charge >= 0.3 is 5.97 Å². The van der Waals surface area contributed by atoms with Gasteiger partial charge in [0.05, 0.1) is 29.1 Å². The molecule has 0 aliphatic rings. The lowest BCUT2D eigenvalue weighted by Gasteiger charge is -2.07. The number of nitrogens with zero attached hydrogens (tertiary/aromatic N) is 1. The minimum atomic E-state index is -0.685. The Labute approximate surface area is 198 Å². The van der Waals surface area contributed by atoms with E-state index in [1.807, 2.05) is 0 Å². The lowest BCUT2D eigenvalue weighted by Crippen LogP contribution is -2.15. The average Bonchev–Trinajstić information content (AvgIpc) is 3.15. The minimum absolute atomic E-state index is 0.0675. The predicted molar refractivity (Wildman–Crippen MR) is 127 cm³/mol. The maximum absolute atomic E-state index is 13.0. The average molecular weight is 484 g/mol. The van der Waals surface area contributed by atoms with Crippen molar-refractivity contribution in [2.75, 3.05) is 24.4 Å². The zero-order valence-electron chi connectivity index (χ0n) is 18.5. The molecule has 34 heavy (non-hydrogen) atoms. The van der Waals surface area contributed by atoms with Gasteiger partial charge in [-0.15, -0.1) is 11.3 Å². The Morgan fingerprint density at radius 3 is 2.38 bits per heavy atom. The van der Waals surface area contributed by atoms with Gasteiger partial charge in [-0.05, 0) is 43.7 Å². The molecule has 0 saturated heterocycles. The molecule has 0 fully saturated rings. The number of ether oxygens (including phenoxy) is 2. The van der Waals surface area contributed by atoms with E-state index in [2.05, 4.69) is 10.6 Å². The molecule has 0 saturated carbocycles. The van der Waals surface area contributed by atoms with Crippen molar-refractivity contribution in [2.45, 2.75) is 13.8 Å². The Balaban J connectivity index is 1.92. The van der Waals surface area contributed by atoms with Crippen molar-refractivity contribution in [1.29, 1.82) is 0 Å². The number of carbonyl (C=O) groups excluding carboxylic acids is 3. The van der Waals surface area contributed by atoms with E-state index in [0.29, 0.717) is 17.0 Å². The first kappa shape index (κ1) is 24.4. The monoisotopic (exact) mass is 483 g/mol. The summed E-state index contributed by atoms with van der Waals surface area (Å²) in [4.78, 5) is 48.8. The van der Waals surface area contributed by atoms with E-state index in [4.69, 9.17) is 9.47 Å². The van der Waals surface area contributed by atoms with Gasteiger partial charge in [0.15, 0.2) is 0 Å². The molecule has 1 heterocycles. The van der Waals surface area contributed by atoms with Crippen LogP contribution < -0.4 is 15.4 Å². The summed E-state index contributed by atoms with van der Waals surface area (Å²) >= 11 is 0.924. The summed E-state index contributed by atoms with van der Waals surface area (Å²) < 4.78 is 10.3. The van der Waals surface area contributed by atoms with Crippen LogP contribution in [0.1, 0.15) is 42.9 Å². The fraction of sp³-hybridized carbons (Fsp3) is 0.174. The summed E-state index contributed by atoms with van der Waals surface area (Å²) in [6.45, 7) is 3.34. The number of non-ortho nitro benzene ring substituents is 1. The van der Waals surface area contributed by atoms with Crippen LogP contribution >= 0.6 is 11.3 Å². The maximum Gasteiger partial charge on any atom is 0.341 e. The highest BCUT2D eigenvalue weighted by Crippen LogP contribution is 2.35. The Morgan fingerprint density at radius 2 is 1.76 bits per heavy atom. The van der Waals surface area contributed by atoms with Gasteiger partial charge in [0.25, 0.3) is 17.5 Å². The molecule has 1 aromatic heterocycles. The topological polar surface area (TPSA) is 137 Å². The number of anilines is 2. The third-order valence-corrected chi connectivity index (χ3v) is 5.93. The van der Waals surface area contributed by atoms with Crippen LogP contribution in [0.4, 0.5) is 16.4 Å². The zero-order chi connectivity index (χ0) is 24.8. The third kappa shape index (κ3) is 5.38. The first-order valence-electron chi connectivity index (χ1n) is 10.1. The number of nitro groups is 1. The molecule has 0 unspecified atom stereocenters. The van der Waals surface area contributed by atoms with Crippen LogP contribution in [0.2, 0.25) is 0 Å². The van der Waals surface area contributed by atoms with E-state index < -0.39 is 22.7 Å². The largest absolute Gasteiger partial charge is 0.497 e. The van der Waals surface area contributed by atoms with E-state index in [9.17, 15) is 24.5 Å². The number of hydrogen-bond donors (Lipinski definition) is 2. The number of nitrogens with one attached hydrogen (secondary N) is 2. The normalized spacial score (nSPS) is 10.3. The number of hydrogen-bond acceptors (Lipinski definition) is 8. The summed E-state index contributed by atoms with van der Waals surface area (Å²) in [7, 11) is 1.51. The molecule has 3 aromatic rings. The van der Waals surface area contributed by atoms with E-state index in [-0.39, 0.29) is 33.3 Å². The molecule has 0 bridgehead atoms. The third-order valence-electron chi connectivity index (χ3n) is 4.73. The van der Waals surface area contributed by atoms with Crippen molar-refractivity contribution in [3.63, 3.8) is 0 Å². The number of rotatable bonds is 8. The first-order valence-corrected chi connectivity index (χ1v) is 10.9. The van der Waals surface area contributed by atoms with Gasteiger partial charge in [-0.25, -0.2) is 4.79 Å². The van der Waals surface area contributed by atoms with Crippen molar-refractivity contribution in [1.82, 2.24) is 0 Å². The molecule has 0 radical (unpaired) electrons. The van der Waals surface area contributed by atoms with Gasteiger partial charge in [0, 0.05) is 29.4 Å². The highest BCUT2D eigenvalue weighted by atomic mass is 32.1. The molecule has 11 heteroatoms. The van der Waals surface area contributed by atoms with E-state index in [1.54, 1.807) is 38.1 Å². The van der Waals surface area contributed by atoms with E-state index in [1.165, 1.54) is 31.4 Å². The Morgan fingerprint density at radius 1 is 1.06 bits per heavy atom. The number of carbonyl (C=O) groups is 3. The maximum atomic E-state index is 13.0. The Kier molecular flexibility index (Phi) is 7.59. The van der Waals surface area contributed by atoms with E-state index >= 15 is 0 Å². The Hall–Kier alpha value is -4.25. The SMILES string of the molecule is CCOC(=O)c1c(NC(=O)c2ccc([N+](=O)[O-])cc2)sc(C(=O)Nc2cccc(OC)c2)c1C. The number of amides is 2. The fourth-order valence-electron chi connectivity index (χ4n) is 3.07. The van der Waals surface area contributed by atoms with Crippen molar-refractivity contribution >= 4 is 45.5 Å². The number of thiophene rings is 1. The van der Waals surface area contributed by atoms with Gasteiger partial charge in [0.1, 0.15) is 10.8 Å². The minimum Gasteiger partial charge on any atom is -0.497 e. The molecule has 0 spiro atoms. The van der Waals surface area contributed by atoms with Crippen LogP contribution in [-0.4, -0.2) is 36.4 Å². The second-order valence-electron chi connectivity index (χ2n) is 6.92. The second-order valence-corrected chi connectivity index (χ2v) is 7.95. The van der Waals surface area contributed by atoms with Gasteiger partial charge < -0.3 is 20.1 Å². The van der Waals surface area contributed by atoms with Crippen molar-refractivity contribution < 1.29 is 28.8 Å². The molecule has 0 aliphatic heterocycles. The number of esters is 1. The summed E-state index contributed by atoms with van der Waals surface area (Å²) in [5.41, 5.74) is 0.896. The van der Waals surface area contributed by atoms with Crippen LogP contribution in [0.15, 0.2) is 48.5 Å². The predicted octanol–water partition coefficient (Wildman–Crippen LogP) is 4.65. The molecule has 2 aromatic carbocycles.